The van der Waals surface area contributed by atoms with Crippen LogP contribution in [0.25, 0.3) is 5.69 Å². The zero-order chi connectivity index (χ0) is 24.3. The molecule has 0 spiro atoms. The maximum absolute atomic E-state index is 13.9. The molecule has 0 unspecified atom stereocenters. The Morgan fingerprint density at radius 1 is 1.18 bits per heavy atom. The largest absolute Gasteiger partial charge is 0.487 e. The van der Waals surface area contributed by atoms with Crippen LogP contribution in [0.15, 0.2) is 51.7 Å². The maximum atomic E-state index is 13.9. The monoisotopic (exact) mass is 520 g/mol. The number of amides is 1. The van der Waals surface area contributed by atoms with Crippen molar-refractivity contribution in [1.29, 1.82) is 0 Å². The Balaban J connectivity index is 1.97. The van der Waals surface area contributed by atoms with Crippen molar-refractivity contribution in [3.63, 3.8) is 0 Å². The lowest BCUT2D eigenvalue weighted by atomic mass is 10.0. The zero-order valence-corrected chi connectivity index (χ0v) is 19.9. The molecule has 33 heavy (non-hydrogen) atoms. The lowest BCUT2D eigenvalue weighted by molar-refractivity contribution is 0.0766. The summed E-state index contributed by atoms with van der Waals surface area (Å²) in [5.41, 5.74) is 1.82. The zero-order valence-electron chi connectivity index (χ0n) is 18.4. The van der Waals surface area contributed by atoms with Gasteiger partial charge in [-0.15, -0.1) is 0 Å². The van der Waals surface area contributed by atoms with Gasteiger partial charge in [0.25, 0.3) is 11.5 Å². The van der Waals surface area contributed by atoms with E-state index in [4.69, 9.17) is 9.84 Å². The van der Waals surface area contributed by atoms with Crippen LogP contribution in [0.3, 0.4) is 0 Å². The first kappa shape index (κ1) is 24.6. The molecule has 1 amide bonds. The molecule has 0 saturated heterocycles. The molecular weight excluding hydrogens is 498 g/mol. The number of benzene rings is 2. The van der Waals surface area contributed by atoms with Crippen LogP contribution in [0.1, 0.15) is 27.2 Å². The highest BCUT2D eigenvalue weighted by Crippen LogP contribution is 2.27. The van der Waals surface area contributed by atoms with E-state index in [1.807, 2.05) is 0 Å². The summed E-state index contributed by atoms with van der Waals surface area (Å²) in [5, 5.41) is 9.11. The Morgan fingerprint density at radius 3 is 2.58 bits per heavy atom. The van der Waals surface area contributed by atoms with Crippen LogP contribution >= 0.6 is 15.9 Å². The molecule has 0 fully saturated rings. The van der Waals surface area contributed by atoms with Crippen LogP contribution in [0.2, 0.25) is 0 Å². The highest BCUT2D eigenvalue weighted by molar-refractivity contribution is 9.10. The normalized spacial score (nSPS) is 10.9. The second kappa shape index (κ2) is 10.3. The number of carbonyl (C=O) groups is 1. The van der Waals surface area contributed by atoms with Gasteiger partial charge in [-0.3, -0.25) is 14.2 Å². The number of ether oxygens (including phenoxy) is 1. The van der Waals surface area contributed by atoms with Crippen LogP contribution < -0.4 is 10.3 Å². The average Bonchev–Trinajstić information content (AvgIpc) is 2.77. The molecule has 1 N–H and O–H groups in total. The van der Waals surface area contributed by atoms with Gasteiger partial charge in [-0.2, -0.15) is 0 Å². The van der Waals surface area contributed by atoms with Gasteiger partial charge in [-0.1, -0.05) is 6.07 Å². The van der Waals surface area contributed by atoms with E-state index in [0.29, 0.717) is 22.5 Å². The van der Waals surface area contributed by atoms with E-state index in [9.17, 15) is 18.4 Å². The highest BCUT2D eigenvalue weighted by Gasteiger charge is 2.20. The molecule has 1 heterocycles. The third-order valence-electron chi connectivity index (χ3n) is 5.26. The molecule has 1 aromatic heterocycles. The number of pyridine rings is 1. The van der Waals surface area contributed by atoms with Crippen molar-refractivity contribution in [3.05, 3.63) is 91.3 Å². The van der Waals surface area contributed by atoms with Gasteiger partial charge in [0.05, 0.1) is 12.3 Å². The standard InChI is InChI=1S/C24H23BrF2N2O4/c1-14-11-21(33-13-16-7-8-17(26)12-19(16)27)22(25)24(32)29(14)20-6-4-5-18(15(20)2)23(31)28(3)9-10-30/h4-8,11-12,30H,9-10,13H2,1-3H3. The molecule has 2 aromatic carbocycles. The van der Waals surface area contributed by atoms with E-state index in [2.05, 4.69) is 15.9 Å². The summed E-state index contributed by atoms with van der Waals surface area (Å²) < 4.78 is 34.2. The number of aryl methyl sites for hydroxylation is 1. The molecule has 0 atom stereocenters. The Labute approximate surface area is 198 Å². The van der Waals surface area contributed by atoms with Gasteiger partial charge in [0.1, 0.15) is 28.5 Å². The van der Waals surface area contributed by atoms with Crippen molar-refractivity contribution < 1.29 is 23.4 Å². The number of aliphatic hydroxyl groups is 1. The molecule has 0 bridgehead atoms. The fraction of sp³-hybridized carbons (Fsp3) is 0.250. The van der Waals surface area contributed by atoms with Crippen molar-refractivity contribution in [1.82, 2.24) is 9.47 Å². The van der Waals surface area contributed by atoms with Gasteiger partial charge >= 0.3 is 0 Å². The number of nitrogens with zero attached hydrogens (tertiary/aromatic N) is 2. The molecule has 0 aliphatic heterocycles. The van der Waals surface area contributed by atoms with Gasteiger partial charge in [0, 0.05) is 42.5 Å². The molecule has 3 aromatic rings. The summed E-state index contributed by atoms with van der Waals surface area (Å²) >= 11 is 3.27. The van der Waals surface area contributed by atoms with E-state index in [-0.39, 0.29) is 41.5 Å². The topological polar surface area (TPSA) is 71.8 Å². The fourth-order valence-electron chi connectivity index (χ4n) is 3.43. The molecule has 9 heteroatoms. The lowest BCUT2D eigenvalue weighted by Gasteiger charge is -2.20. The van der Waals surface area contributed by atoms with Crippen LogP contribution in [-0.2, 0) is 6.61 Å². The minimum absolute atomic E-state index is 0.129. The van der Waals surface area contributed by atoms with Gasteiger partial charge < -0.3 is 14.7 Å². The van der Waals surface area contributed by atoms with E-state index in [1.54, 1.807) is 45.2 Å². The van der Waals surface area contributed by atoms with Gasteiger partial charge in [-0.05, 0) is 59.6 Å². The summed E-state index contributed by atoms with van der Waals surface area (Å²) in [6.45, 7) is 3.30. The summed E-state index contributed by atoms with van der Waals surface area (Å²) in [6, 6.07) is 9.89. The predicted octanol–water partition coefficient (Wildman–Crippen LogP) is 4.14. The first-order valence-electron chi connectivity index (χ1n) is 10.1. The van der Waals surface area contributed by atoms with Gasteiger partial charge in [-0.25, -0.2) is 8.78 Å². The molecule has 174 valence electrons. The summed E-state index contributed by atoms with van der Waals surface area (Å²) in [4.78, 5) is 27.3. The molecule has 0 saturated carbocycles. The number of hydrogen-bond acceptors (Lipinski definition) is 4. The molecule has 0 aliphatic rings. The van der Waals surface area contributed by atoms with Crippen LogP contribution in [0.5, 0.6) is 5.75 Å². The lowest BCUT2D eigenvalue weighted by Crippen LogP contribution is -2.30. The molecule has 3 rings (SSSR count). The average molecular weight is 521 g/mol. The second-order valence-electron chi connectivity index (χ2n) is 7.53. The van der Waals surface area contributed by atoms with Gasteiger partial charge in [0.2, 0.25) is 0 Å². The van der Waals surface area contributed by atoms with Crippen molar-refractivity contribution >= 4 is 21.8 Å². The molecule has 0 aliphatic carbocycles. The molecular formula is C24H23BrF2N2O4. The van der Waals surface area contributed by atoms with Crippen molar-refractivity contribution in [2.75, 3.05) is 20.2 Å². The Morgan fingerprint density at radius 2 is 1.91 bits per heavy atom. The van der Waals surface area contributed by atoms with Crippen LogP contribution in [0, 0.1) is 25.5 Å². The number of likely N-dealkylation sites (N-methyl/N-ethyl adjacent to an activating group) is 1. The summed E-state index contributed by atoms with van der Waals surface area (Å²) in [6.07, 6.45) is 0. The van der Waals surface area contributed by atoms with Crippen molar-refractivity contribution in [2.45, 2.75) is 20.5 Å². The Bertz CT molecular complexity index is 1260. The van der Waals surface area contributed by atoms with Crippen molar-refractivity contribution in [2.24, 2.45) is 0 Å². The number of aromatic nitrogens is 1. The van der Waals surface area contributed by atoms with Crippen molar-refractivity contribution in [3.8, 4) is 11.4 Å². The number of halogens is 3. The van der Waals surface area contributed by atoms with Crippen LogP contribution in [-0.4, -0.2) is 40.7 Å². The van der Waals surface area contributed by atoms with E-state index >= 15 is 0 Å². The van der Waals surface area contributed by atoms with Gasteiger partial charge in [0.15, 0.2) is 0 Å². The van der Waals surface area contributed by atoms with Crippen LogP contribution in [0.4, 0.5) is 8.78 Å². The smallest absolute Gasteiger partial charge is 0.273 e. The van der Waals surface area contributed by atoms with E-state index < -0.39 is 17.2 Å². The minimum Gasteiger partial charge on any atom is -0.487 e. The predicted molar refractivity (Wildman–Crippen MR) is 124 cm³/mol. The fourth-order valence-corrected chi connectivity index (χ4v) is 3.84. The number of rotatable bonds is 7. The number of aliphatic hydroxyl groups excluding tert-OH is 1. The second-order valence-corrected chi connectivity index (χ2v) is 8.32. The third kappa shape index (κ3) is 5.15. The Hall–Kier alpha value is -3.04. The summed E-state index contributed by atoms with van der Waals surface area (Å²) in [7, 11) is 1.59. The SMILES string of the molecule is Cc1c(C(=O)N(C)CCO)cccc1-n1c(C)cc(OCc2ccc(F)cc2F)c(Br)c1=O. The number of hydrogen-bond donors (Lipinski definition) is 1. The Kier molecular flexibility index (Phi) is 7.65. The minimum atomic E-state index is -0.737. The number of carbonyl (C=O) groups excluding carboxylic acids is 1. The van der Waals surface area contributed by atoms with E-state index in [1.165, 1.54) is 15.5 Å². The first-order chi connectivity index (χ1) is 15.6. The summed E-state index contributed by atoms with van der Waals surface area (Å²) in [5.74, 6) is -1.48. The van der Waals surface area contributed by atoms with E-state index in [0.717, 1.165) is 12.1 Å². The molecule has 6 nitrogen and oxygen atoms in total. The quantitative estimate of drug-likeness (QED) is 0.508. The maximum Gasteiger partial charge on any atom is 0.273 e. The highest BCUT2D eigenvalue weighted by atomic mass is 79.9. The first-order valence-corrected chi connectivity index (χ1v) is 10.9. The molecule has 0 radical (unpaired) electrons. The third-order valence-corrected chi connectivity index (χ3v) is 5.99.